The average molecular weight is 192 g/mol. The zero-order chi connectivity index (χ0) is 10.6. The maximum atomic E-state index is 12.9. The highest BCUT2D eigenvalue weighted by Gasteiger charge is 2.07. The Bertz CT molecular complexity index is 396. The molecule has 0 aliphatic rings. The highest BCUT2D eigenvalue weighted by molar-refractivity contribution is 5.94. The van der Waals surface area contributed by atoms with Crippen LogP contribution in [-0.2, 0) is 0 Å². The van der Waals surface area contributed by atoms with Crippen LogP contribution in [0, 0.1) is 17.1 Å². The summed E-state index contributed by atoms with van der Waals surface area (Å²) in [4.78, 5) is 11.3. The second kappa shape index (κ2) is 4.38. The third-order valence-corrected chi connectivity index (χ3v) is 1.69. The summed E-state index contributed by atoms with van der Waals surface area (Å²) in [5.74, 6) is -0.912. The fourth-order valence-corrected chi connectivity index (χ4v) is 1.01. The Morgan fingerprint density at radius 1 is 1.64 bits per heavy atom. The van der Waals surface area contributed by atoms with Crippen LogP contribution >= 0.6 is 0 Å². The first-order valence-electron chi connectivity index (χ1n) is 4.17. The SMILES string of the molecule is CCNC(=O)c1ccc(F)c(C#N)c1. The van der Waals surface area contributed by atoms with E-state index in [0.717, 1.165) is 6.07 Å². The summed E-state index contributed by atoms with van der Waals surface area (Å²) < 4.78 is 12.9. The molecule has 1 amide bonds. The van der Waals surface area contributed by atoms with Crippen molar-refractivity contribution in [3.8, 4) is 6.07 Å². The molecule has 0 fully saturated rings. The van der Waals surface area contributed by atoms with Gasteiger partial charge >= 0.3 is 0 Å². The van der Waals surface area contributed by atoms with Gasteiger partial charge in [0.2, 0.25) is 0 Å². The molecule has 0 aromatic heterocycles. The van der Waals surface area contributed by atoms with Crippen molar-refractivity contribution in [2.75, 3.05) is 6.54 Å². The molecule has 3 nitrogen and oxygen atoms in total. The molecular weight excluding hydrogens is 183 g/mol. The number of benzene rings is 1. The average Bonchev–Trinajstić information content (AvgIpc) is 2.19. The van der Waals surface area contributed by atoms with Crippen molar-refractivity contribution in [2.24, 2.45) is 0 Å². The van der Waals surface area contributed by atoms with Crippen LogP contribution in [0.2, 0.25) is 0 Å². The van der Waals surface area contributed by atoms with Crippen molar-refractivity contribution in [3.63, 3.8) is 0 Å². The Labute approximate surface area is 81.2 Å². The van der Waals surface area contributed by atoms with Crippen molar-refractivity contribution < 1.29 is 9.18 Å². The summed E-state index contributed by atoms with van der Waals surface area (Å²) in [7, 11) is 0. The summed E-state index contributed by atoms with van der Waals surface area (Å²) in [6.07, 6.45) is 0. The van der Waals surface area contributed by atoms with Gasteiger partial charge in [0.25, 0.3) is 5.91 Å². The van der Waals surface area contributed by atoms with Crippen LogP contribution in [0.3, 0.4) is 0 Å². The van der Waals surface area contributed by atoms with Gasteiger partial charge in [0.15, 0.2) is 0 Å². The van der Waals surface area contributed by atoms with E-state index in [-0.39, 0.29) is 11.5 Å². The van der Waals surface area contributed by atoms with E-state index in [4.69, 9.17) is 5.26 Å². The van der Waals surface area contributed by atoms with Gasteiger partial charge in [-0.25, -0.2) is 4.39 Å². The van der Waals surface area contributed by atoms with Crippen molar-refractivity contribution in [1.82, 2.24) is 5.32 Å². The van der Waals surface area contributed by atoms with Crippen LogP contribution in [0.1, 0.15) is 22.8 Å². The maximum absolute atomic E-state index is 12.9. The third kappa shape index (κ3) is 2.07. The van der Waals surface area contributed by atoms with Crippen LogP contribution in [0.4, 0.5) is 4.39 Å². The molecule has 0 heterocycles. The number of nitriles is 1. The summed E-state index contributed by atoms with van der Waals surface area (Å²) in [5.41, 5.74) is 0.179. The zero-order valence-corrected chi connectivity index (χ0v) is 7.67. The molecule has 0 spiro atoms. The number of hydrogen-bond donors (Lipinski definition) is 1. The second-order valence-electron chi connectivity index (χ2n) is 2.67. The second-order valence-corrected chi connectivity index (χ2v) is 2.67. The minimum absolute atomic E-state index is 0.117. The van der Waals surface area contributed by atoms with Crippen LogP contribution in [0.5, 0.6) is 0 Å². The Morgan fingerprint density at radius 3 is 2.93 bits per heavy atom. The lowest BCUT2D eigenvalue weighted by Crippen LogP contribution is -2.22. The number of rotatable bonds is 2. The largest absolute Gasteiger partial charge is 0.352 e. The quantitative estimate of drug-likeness (QED) is 0.770. The van der Waals surface area contributed by atoms with Crippen LogP contribution in [0.25, 0.3) is 0 Å². The van der Waals surface area contributed by atoms with E-state index in [1.54, 1.807) is 13.0 Å². The van der Waals surface area contributed by atoms with Crippen molar-refractivity contribution >= 4 is 5.91 Å². The van der Waals surface area contributed by atoms with E-state index in [1.807, 2.05) is 0 Å². The first-order valence-corrected chi connectivity index (χ1v) is 4.17. The number of nitrogens with one attached hydrogen (secondary N) is 1. The van der Waals surface area contributed by atoms with Crippen LogP contribution in [-0.4, -0.2) is 12.5 Å². The lowest BCUT2D eigenvalue weighted by atomic mass is 10.1. The van der Waals surface area contributed by atoms with Gasteiger partial charge in [-0.15, -0.1) is 0 Å². The van der Waals surface area contributed by atoms with Crippen LogP contribution in [0.15, 0.2) is 18.2 Å². The van der Waals surface area contributed by atoms with Gasteiger partial charge in [0.05, 0.1) is 5.56 Å². The molecule has 0 aliphatic carbocycles. The van der Waals surface area contributed by atoms with Gasteiger partial charge in [-0.2, -0.15) is 5.26 Å². The number of halogens is 1. The third-order valence-electron chi connectivity index (χ3n) is 1.69. The molecule has 0 saturated heterocycles. The minimum Gasteiger partial charge on any atom is -0.352 e. The number of carbonyl (C=O) groups excluding carboxylic acids is 1. The molecule has 1 N–H and O–H groups in total. The van der Waals surface area contributed by atoms with E-state index >= 15 is 0 Å². The predicted octanol–water partition coefficient (Wildman–Crippen LogP) is 1.45. The van der Waals surface area contributed by atoms with Gasteiger partial charge in [0.1, 0.15) is 11.9 Å². The van der Waals surface area contributed by atoms with Crippen molar-refractivity contribution in [2.45, 2.75) is 6.92 Å². The van der Waals surface area contributed by atoms with Crippen molar-refractivity contribution in [1.29, 1.82) is 5.26 Å². The van der Waals surface area contributed by atoms with E-state index in [9.17, 15) is 9.18 Å². The first kappa shape index (κ1) is 10.2. The maximum Gasteiger partial charge on any atom is 0.251 e. The number of hydrogen-bond acceptors (Lipinski definition) is 2. The predicted molar refractivity (Wildman–Crippen MR) is 49.1 cm³/mol. The van der Waals surface area contributed by atoms with Gasteiger partial charge in [0, 0.05) is 12.1 Å². The first-order chi connectivity index (χ1) is 6.69. The lowest BCUT2D eigenvalue weighted by molar-refractivity contribution is 0.0956. The lowest BCUT2D eigenvalue weighted by Gasteiger charge is -2.02. The van der Waals surface area contributed by atoms with Gasteiger partial charge in [-0.05, 0) is 25.1 Å². The molecule has 1 rings (SSSR count). The fourth-order valence-electron chi connectivity index (χ4n) is 1.01. The van der Waals surface area contributed by atoms with Gasteiger partial charge in [-0.1, -0.05) is 0 Å². The van der Waals surface area contributed by atoms with E-state index in [1.165, 1.54) is 12.1 Å². The minimum atomic E-state index is -0.611. The summed E-state index contributed by atoms with van der Waals surface area (Å²) in [5, 5.41) is 11.1. The topological polar surface area (TPSA) is 52.9 Å². The van der Waals surface area contributed by atoms with Gasteiger partial charge < -0.3 is 5.32 Å². The Morgan fingerprint density at radius 2 is 2.36 bits per heavy atom. The number of nitrogens with zero attached hydrogens (tertiary/aromatic N) is 1. The molecule has 0 bridgehead atoms. The molecule has 1 aromatic carbocycles. The summed E-state index contributed by atoms with van der Waals surface area (Å²) >= 11 is 0. The molecule has 4 heteroatoms. The molecule has 72 valence electrons. The van der Waals surface area contributed by atoms with Gasteiger partial charge in [-0.3, -0.25) is 4.79 Å². The Kier molecular flexibility index (Phi) is 3.19. The molecule has 0 unspecified atom stereocenters. The molecule has 0 aliphatic heterocycles. The molecule has 0 atom stereocenters. The smallest absolute Gasteiger partial charge is 0.251 e. The van der Waals surface area contributed by atoms with E-state index in [2.05, 4.69) is 5.32 Å². The van der Waals surface area contributed by atoms with E-state index < -0.39 is 5.82 Å². The Balaban J connectivity index is 3.02. The number of carbonyl (C=O) groups is 1. The molecule has 1 aromatic rings. The highest BCUT2D eigenvalue weighted by atomic mass is 19.1. The monoisotopic (exact) mass is 192 g/mol. The molecule has 0 radical (unpaired) electrons. The standard InChI is InChI=1S/C10H9FN2O/c1-2-13-10(14)7-3-4-9(11)8(5-7)6-12/h3-5H,2H2,1H3,(H,13,14). The Hall–Kier alpha value is -1.89. The zero-order valence-electron chi connectivity index (χ0n) is 7.67. The van der Waals surface area contributed by atoms with Crippen molar-refractivity contribution in [3.05, 3.63) is 35.1 Å². The molecule has 0 saturated carbocycles. The molecular formula is C10H9FN2O. The van der Waals surface area contributed by atoms with E-state index in [0.29, 0.717) is 12.1 Å². The normalized spacial score (nSPS) is 9.21. The summed E-state index contributed by atoms with van der Waals surface area (Å²) in [6, 6.07) is 5.38. The summed E-state index contributed by atoms with van der Waals surface area (Å²) in [6.45, 7) is 2.28. The fraction of sp³-hybridized carbons (Fsp3) is 0.200. The highest BCUT2D eigenvalue weighted by Crippen LogP contribution is 2.09. The number of amides is 1. The molecule has 14 heavy (non-hydrogen) atoms. The van der Waals surface area contributed by atoms with Crippen LogP contribution < -0.4 is 5.32 Å².